The third-order valence-electron chi connectivity index (χ3n) is 3.29. The molecule has 3 rings (SSSR count). The van der Waals surface area contributed by atoms with E-state index in [1.54, 1.807) is 0 Å². The molecule has 0 amide bonds. The second-order valence-electron chi connectivity index (χ2n) is 4.67. The molecule has 0 atom stereocenters. The van der Waals surface area contributed by atoms with Crippen molar-refractivity contribution in [2.75, 3.05) is 0 Å². The van der Waals surface area contributed by atoms with E-state index >= 15 is 0 Å². The van der Waals surface area contributed by atoms with Crippen LogP contribution in [0.15, 0.2) is 48.5 Å². The van der Waals surface area contributed by atoms with Crippen LogP contribution in [0.1, 0.15) is 11.1 Å². The van der Waals surface area contributed by atoms with Gasteiger partial charge in [0.2, 0.25) is 0 Å². The van der Waals surface area contributed by atoms with Gasteiger partial charge in [0.1, 0.15) is 0 Å². The summed E-state index contributed by atoms with van der Waals surface area (Å²) < 4.78 is 0. The zero-order valence-electron chi connectivity index (χ0n) is 11.1. The van der Waals surface area contributed by atoms with Crippen molar-refractivity contribution in [2.24, 2.45) is 0 Å². The molecule has 0 bridgehead atoms. The van der Waals surface area contributed by atoms with Crippen LogP contribution in [0.2, 0.25) is 0 Å². The predicted molar refractivity (Wildman–Crippen MR) is 76.5 cm³/mol. The Labute approximate surface area is 126 Å². The maximum absolute atomic E-state index is 3.38. The molecule has 0 unspecified atom stereocenters. The number of hydrogen-bond acceptors (Lipinski definition) is 0. The summed E-state index contributed by atoms with van der Waals surface area (Å²) in [5.41, 5.74) is 4.74. The standard InChI is InChI=1S/C18H14.V/c1-13-7-10-15(11-8-13)17-12-9-14(2)16-5-3-4-6-18(16)17;/h3-10H,1-2H3;/q-2;+2. The Kier molecular flexibility index (Phi) is 4.14. The van der Waals surface area contributed by atoms with Crippen molar-refractivity contribution in [3.05, 3.63) is 71.8 Å². The van der Waals surface area contributed by atoms with Crippen molar-refractivity contribution in [1.82, 2.24) is 0 Å². The van der Waals surface area contributed by atoms with Crippen molar-refractivity contribution in [3.8, 4) is 11.1 Å². The summed E-state index contributed by atoms with van der Waals surface area (Å²) in [5.74, 6) is 0. The van der Waals surface area contributed by atoms with Crippen LogP contribution in [-0.4, -0.2) is 0 Å². The molecular weight excluding hydrogens is 267 g/mol. The first-order chi connectivity index (χ1) is 8.75. The van der Waals surface area contributed by atoms with Crippen LogP contribution in [0.25, 0.3) is 21.9 Å². The SMILES string of the molecule is Cc1c[c-]c(-c2[c-]cc(C)c3ccccc23)cc1.[V+2]. The van der Waals surface area contributed by atoms with Gasteiger partial charge in [0.15, 0.2) is 0 Å². The number of rotatable bonds is 1. The summed E-state index contributed by atoms with van der Waals surface area (Å²) in [5, 5.41) is 2.54. The Morgan fingerprint density at radius 1 is 0.789 bits per heavy atom. The number of benzene rings is 3. The minimum atomic E-state index is 0. The predicted octanol–water partition coefficient (Wildman–Crippen LogP) is 4.72. The number of hydrogen-bond donors (Lipinski definition) is 0. The van der Waals surface area contributed by atoms with Gasteiger partial charge in [-0.3, -0.25) is 0 Å². The first-order valence-corrected chi connectivity index (χ1v) is 6.14. The van der Waals surface area contributed by atoms with Gasteiger partial charge in [-0.25, -0.2) is 11.1 Å². The molecule has 0 aliphatic heterocycles. The molecule has 0 N–H and O–H groups in total. The topological polar surface area (TPSA) is 0 Å². The molecule has 1 radical (unpaired) electrons. The van der Waals surface area contributed by atoms with Gasteiger partial charge in [-0.15, -0.1) is 28.0 Å². The van der Waals surface area contributed by atoms with E-state index in [-0.39, 0.29) is 18.6 Å². The van der Waals surface area contributed by atoms with Crippen molar-refractivity contribution in [3.63, 3.8) is 0 Å². The van der Waals surface area contributed by atoms with Crippen LogP contribution in [0.3, 0.4) is 0 Å². The van der Waals surface area contributed by atoms with Gasteiger partial charge in [-0.2, -0.15) is 36.4 Å². The van der Waals surface area contributed by atoms with Crippen molar-refractivity contribution < 1.29 is 18.6 Å². The van der Waals surface area contributed by atoms with Gasteiger partial charge in [-0.1, -0.05) is 32.0 Å². The van der Waals surface area contributed by atoms with Gasteiger partial charge in [0.05, 0.1) is 0 Å². The molecule has 1 heteroatoms. The van der Waals surface area contributed by atoms with Gasteiger partial charge < -0.3 is 0 Å². The van der Waals surface area contributed by atoms with Gasteiger partial charge in [-0.05, 0) is 0 Å². The molecule has 0 saturated carbocycles. The van der Waals surface area contributed by atoms with Crippen LogP contribution in [-0.2, 0) is 18.6 Å². The van der Waals surface area contributed by atoms with Crippen molar-refractivity contribution in [2.45, 2.75) is 13.8 Å². The maximum atomic E-state index is 3.38. The molecule has 19 heavy (non-hydrogen) atoms. The molecule has 0 saturated heterocycles. The van der Waals surface area contributed by atoms with E-state index in [2.05, 4.69) is 68.4 Å². The van der Waals surface area contributed by atoms with Crippen LogP contribution in [0.4, 0.5) is 0 Å². The molecule has 0 spiro atoms. The van der Waals surface area contributed by atoms with E-state index in [0.29, 0.717) is 0 Å². The Bertz CT molecular complexity index is 696. The molecule has 0 aliphatic carbocycles. The fourth-order valence-corrected chi connectivity index (χ4v) is 2.26. The molecule has 0 fully saturated rings. The Hall–Kier alpha value is -1.50. The molecule has 0 heterocycles. The van der Waals surface area contributed by atoms with Crippen molar-refractivity contribution in [1.29, 1.82) is 0 Å². The second kappa shape index (κ2) is 5.65. The van der Waals surface area contributed by atoms with E-state index < -0.39 is 0 Å². The van der Waals surface area contributed by atoms with Crippen LogP contribution in [0, 0.1) is 26.0 Å². The average Bonchev–Trinajstić information content (AvgIpc) is 2.41. The van der Waals surface area contributed by atoms with E-state index in [1.807, 2.05) is 6.07 Å². The van der Waals surface area contributed by atoms with E-state index in [9.17, 15) is 0 Å². The summed E-state index contributed by atoms with van der Waals surface area (Å²) >= 11 is 0. The second-order valence-corrected chi connectivity index (χ2v) is 4.67. The largest absolute Gasteiger partial charge is 2.00 e. The molecule has 3 aromatic carbocycles. The fraction of sp³-hybridized carbons (Fsp3) is 0.111. The molecule has 0 nitrogen and oxygen atoms in total. The monoisotopic (exact) mass is 281 g/mol. The fourth-order valence-electron chi connectivity index (χ4n) is 2.26. The summed E-state index contributed by atoms with van der Waals surface area (Å²) in [4.78, 5) is 0. The average molecular weight is 281 g/mol. The normalized spacial score (nSPS) is 10.2. The van der Waals surface area contributed by atoms with Crippen LogP contribution >= 0.6 is 0 Å². The van der Waals surface area contributed by atoms with E-state index in [0.717, 1.165) is 11.1 Å². The Balaban J connectivity index is 0.00000133. The Morgan fingerprint density at radius 3 is 2.21 bits per heavy atom. The quantitative estimate of drug-likeness (QED) is 0.566. The Morgan fingerprint density at radius 2 is 1.53 bits per heavy atom. The zero-order valence-corrected chi connectivity index (χ0v) is 12.5. The zero-order chi connectivity index (χ0) is 12.5. The minimum absolute atomic E-state index is 0. The van der Waals surface area contributed by atoms with Gasteiger partial charge >= 0.3 is 18.6 Å². The first kappa shape index (κ1) is 13.9. The molecule has 3 aromatic rings. The number of fused-ring (bicyclic) bond motifs is 1. The van der Waals surface area contributed by atoms with Crippen LogP contribution in [0.5, 0.6) is 0 Å². The third kappa shape index (κ3) is 2.61. The number of aryl methyl sites for hydroxylation is 2. The van der Waals surface area contributed by atoms with Gasteiger partial charge in [0.25, 0.3) is 0 Å². The summed E-state index contributed by atoms with van der Waals surface area (Å²) in [6.45, 7) is 4.21. The smallest absolute Gasteiger partial charge is 0.226 e. The van der Waals surface area contributed by atoms with Crippen LogP contribution < -0.4 is 0 Å². The van der Waals surface area contributed by atoms with E-state index in [1.165, 1.54) is 21.9 Å². The summed E-state index contributed by atoms with van der Waals surface area (Å²) in [6, 6.07) is 23.5. The third-order valence-corrected chi connectivity index (χ3v) is 3.29. The van der Waals surface area contributed by atoms with Crippen molar-refractivity contribution >= 4 is 10.8 Å². The molecular formula is C18H14V. The molecule has 0 aromatic heterocycles. The molecule has 0 aliphatic rings. The maximum Gasteiger partial charge on any atom is 2.00 e. The summed E-state index contributed by atoms with van der Waals surface area (Å²) in [7, 11) is 0. The van der Waals surface area contributed by atoms with E-state index in [4.69, 9.17) is 0 Å². The minimum Gasteiger partial charge on any atom is -0.226 e. The first-order valence-electron chi connectivity index (χ1n) is 6.14. The molecule has 91 valence electrons. The van der Waals surface area contributed by atoms with Gasteiger partial charge in [0, 0.05) is 0 Å². The summed E-state index contributed by atoms with van der Waals surface area (Å²) in [6.07, 6.45) is 0.